The van der Waals surface area contributed by atoms with Gasteiger partial charge in [0, 0.05) is 31.3 Å². The van der Waals surface area contributed by atoms with E-state index in [2.05, 4.69) is 25.4 Å². The van der Waals surface area contributed by atoms with Crippen LogP contribution in [-0.4, -0.2) is 35.0 Å². The van der Waals surface area contributed by atoms with Crippen molar-refractivity contribution in [2.24, 2.45) is 0 Å². The number of hydrogen-bond donors (Lipinski definition) is 1. The van der Waals surface area contributed by atoms with Crippen molar-refractivity contribution in [2.45, 2.75) is 12.6 Å². The Morgan fingerprint density at radius 2 is 2.00 bits per heavy atom. The van der Waals surface area contributed by atoms with E-state index in [4.69, 9.17) is 0 Å². The van der Waals surface area contributed by atoms with Gasteiger partial charge in [-0.3, -0.25) is 4.79 Å². The van der Waals surface area contributed by atoms with E-state index in [-0.39, 0.29) is 17.8 Å². The second-order valence-corrected chi connectivity index (χ2v) is 5.50. The van der Waals surface area contributed by atoms with E-state index in [1.54, 1.807) is 31.0 Å². The molecule has 4 aromatic rings. The van der Waals surface area contributed by atoms with Gasteiger partial charge < -0.3 is 9.88 Å². The monoisotopic (exact) mass is 333 g/mol. The van der Waals surface area contributed by atoms with Crippen LogP contribution in [0.25, 0.3) is 5.78 Å². The average molecular weight is 333 g/mol. The minimum absolute atomic E-state index is 0.0882. The lowest BCUT2D eigenvalue weighted by Crippen LogP contribution is -2.32. The average Bonchev–Trinajstić information content (AvgIpc) is 3.31. The van der Waals surface area contributed by atoms with E-state index in [0.29, 0.717) is 12.3 Å². The highest BCUT2D eigenvalue weighted by Crippen LogP contribution is 2.15. The Morgan fingerprint density at radius 3 is 2.76 bits per heavy atom. The Labute approximate surface area is 143 Å². The maximum atomic E-state index is 12.6. The van der Waals surface area contributed by atoms with E-state index < -0.39 is 0 Å². The van der Waals surface area contributed by atoms with Crippen LogP contribution in [0.5, 0.6) is 0 Å². The lowest BCUT2D eigenvalue weighted by Gasteiger charge is -2.19. The molecule has 4 rings (SSSR count). The number of amides is 1. The van der Waals surface area contributed by atoms with Crippen LogP contribution in [0.3, 0.4) is 0 Å². The van der Waals surface area contributed by atoms with E-state index in [1.807, 2.05) is 41.1 Å². The van der Waals surface area contributed by atoms with Crippen molar-refractivity contribution in [1.29, 1.82) is 0 Å². The topological polar surface area (TPSA) is 90.0 Å². The summed E-state index contributed by atoms with van der Waals surface area (Å²) in [6, 6.07) is 11.3. The molecular weight excluding hydrogens is 318 g/mol. The van der Waals surface area contributed by atoms with Crippen LogP contribution in [0.1, 0.15) is 22.2 Å². The summed E-state index contributed by atoms with van der Waals surface area (Å²) >= 11 is 0. The number of nitrogens with one attached hydrogen (secondary N) is 1. The van der Waals surface area contributed by atoms with Gasteiger partial charge in [-0.2, -0.15) is 4.98 Å². The predicted octanol–water partition coefficient (Wildman–Crippen LogP) is 1.49. The summed E-state index contributed by atoms with van der Waals surface area (Å²) in [7, 11) is 0. The highest BCUT2D eigenvalue weighted by atomic mass is 16.2. The maximum Gasteiger partial charge on any atom is 0.291 e. The van der Waals surface area contributed by atoms with Crippen LogP contribution in [-0.2, 0) is 6.54 Å². The van der Waals surface area contributed by atoms with Crippen molar-refractivity contribution in [1.82, 2.24) is 34.4 Å². The van der Waals surface area contributed by atoms with Gasteiger partial charge >= 0.3 is 0 Å². The van der Waals surface area contributed by atoms with Gasteiger partial charge in [0.1, 0.15) is 0 Å². The summed E-state index contributed by atoms with van der Waals surface area (Å²) in [6.45, 7) is 0.557. The SMILES string of the molecule is O=C(NC(Cn1ccnc1)c1ccccc1)c1nc2ncccn2n1. The zero-order valence-electron chi connectivity index (χ0n) is 13.2. The van der Waals surface area contributed by atoms with Crippen molar-refractivity contribution < 1.29 is 4.79 Å². The van der Waals surface area contributed by atoms with Crippen LogP contribution >= 0.6 is 0 Å². The third-order valence-corrected chi connectivity index (χ3v) is 3.78. The third kappa shape index (κ3) is 3.23. The summed E-state index contributed by atoms with van der Waals surface area (Å²) in [4.78, 5) is 24.9. The van der Waals surface area contributed by atoms with Crippen molar-refractivity contribution in [2.75, 3.05) is 0 Å². The Hall–Kier alpha value is -3.55. The summed E-state index contributed by atoms with van der Waals surface area (Å²) in [5.41, 5.74) is 0.992. The minimum Gasteiger partial charge on any atom is -0.341 e. The molecule has 0 spiro atoms. The Bertz CT molecular complexity index is 946. The fourth-order valence-electron chi connectivity index (χ4n) is 2.58. The van der Waals surface area contributed by atoms with Gasteiger partial charge in [-0.1, -0.05) is 30.3 Å². The molecular formula is C17H15N7O. The highest BCUT2D eigenvalue weighted by Gasteiger charge is 2.19. The number of benzene rings is 1. The normalized spacial score (nSPS) is 12.2. The lowest BCUT2D eigenvalue weighted by molar-refractivity contribution is 0.0922. The van der Waals surface area contributed by atoms with E-state index >= 15 is 0 Å². The largest absolute Gasteiger partial charge is 0.341 e. The van der Waals surface area contributed by atoms with E-state index in [1.165, 1.54) is 4.52 Å². The number of hydrogen-bond acceptors (Lipinski definition) is 5. The lowest BCUT2D eigenvalue weighted by atomic mass is 10.1. The highest BCUT2D eigenvalue weighted by molar-refractivity contribution is 5.91. The number of carbonyl (C=O) groups excluding carboxylic acids is 1. The number of imidazole rings is 1. The van der Waals surface area contributed by atoms with Crippen molar-refractivity contribution >= 4 is 11.7 Å². The zero-order chi connectivity index (χ0) is 17.1. The van der Waals surface area contributed by atoms with Crippen molar-refractivity contribution in [3.8, 4) is 0 Å². The molecule has 1 atom stereocenters. The second-order valence-electron chi connectivity index (χ2n) is 5.50. The van der Waals surface area contributed by atoms with Crippen LogP contribution in [0.2, 0.25) is 0 Å². The van der Waals surface area contributed by atoms with Crippen LogP contribution < -0.4 is 5.32 Å². The number of nitrogens with zero attached hydrogens (tertiary/aromatic N) is 6. The first-order chi connectivity index (χ1) is 12.3. The number of fused-ring (bicyclic) bond motifs is 1. The molecule has 8 nitrogen and oxygen atoms in total. The van der Waals surface area contributed by atoms with Gasteiger partial charge in [-0.25, -0.2) is 14.5 Å². The first kappa shape index (κ1) is 15.0. The fraction of sp³-hybridized carbons (Fsp3) is 0.118. The van der Waals surface area contributed by atoms with Crippen LogP contribution in [0.4, 0.5) is 0 Å². The van der Waals surface area contributed by atoms with Gasteiger partial charge in [0.05, 0.1) is 12.4 Å². The molecule has 0 fully saturated rings. The van der Waals surface area contributed by atoms with Crippen LogP contribution in [0.15, 0.2) is 67.5 Å². The molecule has 0 saturated carbocycles. The molecule has 1 amide bonds. The minimum atomic E-state index is -0.348. The Kier molecular flexibility index (Phi) is 3.91. The third-order valence-electron chi connectivity index (χ3n) is 3.78. The molecule has 3 aromatic heterocycles. The first-order valence-electron chi connectivity index (χ1n) is 7.78. The predicted molar refractivity (Wildman–Crippen MR) is 89.7 cm³/mol. The van der Waals surface area contributed by atoms with Gasteiger partial charge in [0.15, 0.2) is 0 Å². The first-order valence-corrected chi connectivity index (χ1v) is 7.78. The maximum absolute atomic E-state index is 12.6. The van der Waals surface area contributed by atoms with Gasteiger partial charge in [0.25, 0.3) is 11.7 Å². The number of aromatic nitrogens is 6. The molecule has 0 radical (unpaired) electrons. The molecule has 0 bridgehead atoms. The second kappa shape index (κ2) is 6.52. The Morgan fingerprint density at radius 1 is 1.12 bits per heavy atom. The summed E-state index contributed by atoms with van der Waals surface area (Å²) < 4.78 is 3.39. The molecule has 3 heterocycles. The summed E-state index contributed by atoms with van der Waals surface area (Å²) in [5.74, 6) is 0.128. The molecule has 25 heavy (non-hydrogen) atoms. The standard InChI is InChI=1S/C17H15N7O/c25-16(15-21-17-19-7-4-9-24(17)22-15)20-14(11-23-10-8-18-12-23)13-5-2-1-3-6-13/h1-10,12,14H,11H2,(H,20,25). The van der Waals surface area contributed by atoms with E-state index in [0.717, 1.165) is 5.56 Å². The molecule has 124 valence electrons. The van der Waals surface area contributed by atoms with Gasteiger partial charge in [-0.15, -0.1) is 5.10 Å². The Balaban J connectivity index is 1.60. The molecule has 8 heteroatoms. The van der Waals surface area contributed by atoms with Crippen molar-refractivity contribution in [3.05, 3.63) is 78.9 Å². The number of rotatable bonds is 5. The molecule has 1 N–H and O–H groups in total. The molecule has 0 aliphatic heterocycles. The van der Waals surface area contributed by atoms with Gasteiger partial charge in [-0.05, 0) is 11.6 Å². The quantitative estimate of drug-likeness (QED) is 0.598. The zero-order valence-corrected chi connectivity index (χ0v) is 13.2. The molecule has 1 unspecified atom stereocenters. The van der Waals surface area contributed by atoms with Gasteiger partial charge in [0.2, 0.25) is 5.82 Å². The smallest absolute Gasteiger partial charge is 0.291 e. The molecule has 0 aliphatic rings. The van der Waals surface area contributed by atoms with Crippen molar-refractivity contribution in [3.63, 3.8) is 0 Å². The fourth-order valence-corrected chi connectivity index (χ4v) is 2.58. The molecule has 0 saturated heterocycles. The summed E-state index contributed by atoms with van der Waals surface area (Å²) in [6.07, 6.45) is 8.59. The van der Waals surface area contributed by atoms with Crippen LogP contribution in [0, 0.1) is 0 Å². The number of carbonyl (C=O) groups is 1. The molecule has 1 aromatic carbocycles. The van der Waals surface area contributed by atoms with E-state index in [9.17, 15) is 4.79 Å². The summed E-state index contributed by atoms with van der Waals surface area (Å²) in [5, 5.41) is 7.16. The molecule has 0 aliphatic carbocycles.